The summed E-state index contributed by atoms with van der Waals surface area (Å²) in [5, 5.41) is 15.4. The average molecular weight is 434 g/mol. The van der Waals surface area contributed by atoms with E-state index in [4.69, 9.17) is 9.47 Å². The van der Waals surface area contributed by atoms with E-state index in [9.17, 15) is 10.1 Å². The van der Waals surface area contributed by atoms with Gasteiger partial charge in [-0.1, -0.05) is 24.3 Å². The van der Waals surface area contributed by atoms with Crippen LogP contribution in [0.25, 0.3) is 0 Å². The van der Waals surface area contributed by atoms with E-state index in [1.807, 2.05) is 31.2 Å². The van der Waals surface area contributed by atoms with E-state index < -0.39 is 5.91 Å². The number of benzene rings is 2. The third kappa shape index (κ3) is 5.82. The third-order valence-corrected chi connectivity index (χ3v) is 5.86. The lowest BCUT2D eigenvalue weighted by Crippen LogP contribution is -2.28. The summed E-state index contributed by atoms with van der Waals surface area (Å²) in [5.74, 6) is 0.918. The molecule has 0 heterocycles. The van der Waals surface area contributed by atoms with Crippen molar-refractivity contribution in [1.29, 1.82) is 5.26 Å². The molecular weight excluding hydrogens is 402 g/mol. The molecule has 1 aliphatic rings. The Morgan fingerprint density at radius 1 is 1.09 bits per heavy atom. The summed E-state index contributed by atoms with van der Waals surface area (Å²) in [7, 11) is 3.18. The quantitative estimate of drug-likeness (QED) is 0.461. The summed E-state index contributed by atoms with van der Waals surface area (Å²) < 4.78 is 10.5. The number of hydrogen-bond acceptors (Lipinski definition) is 5. The highest BCUT2D eigenvalue weighted by Gasteiger charge is 2.13. The molecule has 2 aromatic carbocycles. The van der Waals surface area contributed by atoms with Gasteiger partial charge < -0.3 is 20.1 Å². The second-order valence-corrected chi connectivity index (χ2v) is 7.99. The Morgan fingerprint density at radius 3 is 2.56 bits per heavy atom. The fourth-order valence-corrected chi connectivity index (χ4v) is 3.93. The maximum absolute atomic E-state index is 12.4. The van der Waals surface area contributed by atoms with E-state index in [1.54, 1.807) is 14.2 Å². The number of methoxy groups -OCH3 is 2. The minimum absolute atomic E-state index is 0.00476. The van der Waals surface area contributed by atoms with E-state index in [1.165, 1.54) is 30.2 Å². The fraction of sp³-hybridized carbons (Fsp3) is 0.385. The van der Waals surface area contributed by atoms with E-state index in [2.05, 4.69) is 28.8 Å². The Bertz CT molecular complexity index is 1020. The first-order chi connectivity index (χ1) is 15.5. The van der Waals surface area contributed by atoms with Crippen LogP contribution in [0.5, 0.6) is 11.5 Å². The predicted molar refractivity (Wildman–Crippen MR) is 125 cm³/mol. The van der Waals surface area contributed by atoms with E-state index in [0.29, 0.717) is 24.5 Å². The average Bonchev–Trinajstić information content (AvgIpc) is 2.83. The SMILES string of the molecule is COc1ccc(CCNC(=O)/C(C#N)=C\NC(C)c2ccc3c(c2)CCCC3)cc1OC. The minimum atomic E-state index is -0.391. The Labute approximate surface area is 190 Å². The molecule has 168 valence electrons. The number of carbonyl (C=O) groups is 1. The Morgan fingerprint density at radius 2 is 1.84 bits per heavy atom. The van der Waals surface area contributed by atoms with Crippen LogP contribution < -0.4 is 20.1 Å². The van der Waals surface area contributed by atoms with Crippen molar-refractivity contribution in [2.75, 3.05) is 20.8 Å². The Kier molecular flexibility index (Phi) is 8.15. The number of ether oxygens (including phenoxy) is 2. The molecule has 0 aliphatic heterocycles. The van der Waals surface area contributed by atoms with Gasteiger partial charge in [0.1, 0.15) is 11.6 Å². The smallest absolute Gasteiger partial charge is 0.263 e. The van der Waals surface area contributed by atoms with E-state index >= 15 is 0 Å². The summed E-state index contributed by atoms with van der Waals surface area (Å²) in [5.41, 5.74) is 5.08. The molecule has 1 atom stereocenters. The Balaban J connectivity index is 1.54. The molecule has 1 aliphatic carbocycles. The largest absolute Gasteiger partial charge is 0.493 e. The van der Waals surface area contributed by atoms with Crippen LogP contribution in [-0.4, -0.2) is 26.7 Å². The number of nitrogens with one attached hydrogen (secondary N) is 2. The molecule has 1 unspecified atom stereocenters. The first kappa shape index (κ1) is 23.2. The van der Waals surface area contributed by atoms with Crippen molar-refractivity contribution in [2.45, 2.75) is 45.1 Å². The van der Waals surface area contributed by atoms with Gasteiger partial charge in [0.25, 0.3) is 5.91 Å². The number of rotatable bonds is 9. The van der Waals surface area contributed by atoms with Gasteiger partial charge in [-0.05, 0) is 73.4 Å². The molecule has 32 heavy (non-hydrogen) atoms. The van der Waals surface area contributed by atoms with Crippen molar-refractivity contribution in [2.24, 2.45) is 0 Å². The van der Waals surface area contributed by atoms with Gasteiger partial charge in [0.05, 0.1) is 14.2 Å². The number of hydrogen-bond donors (Lipinski definition) is 2. The van der Waals surface area contributed by atoms with Gasteiger partial charge in [-0.2, -0.15) is 5.26 Å². The maximum Gasteiger partial charge on any atom is 0.263 e. The molecule has 0 spiro atoms. The van der Waals surface area contributed by atoms with Gasteiger partial charge in [0.15, 0.2) is 11.5 Å². The zero-order valence-corrected chi connectivity index (χ0v) is 19.0. The summed E-state index contributed by atoms with van der Waals surface area (Å²) in [6.45, 7) is 2.44. The molecule has 0 fully saturated rings. The van der Waals surface area contributed by atoms with Gasteiger partial charge in [0, 0.05) is 18.8 Å². The second-order valence-electron chi connectivity index (χ2n) is 7.99. The number of amides is 1. The number of nitrogens with zero attached hydrogens (tertiary/aromatic N) is 1. The second kappa shape index (κ2) is 11.2. The molecule has 3 rings (SSSR count). The van der Waals surface area contributed by atoms with Gasteiger partial charge >= 0.3 is 0 Å². The fourth-order valence-electron chi connectivity index (χ4n) is 3.93. The number of carbonyl (C=O) groups excluding carboxylic acids is 1. The van der Waals surface area contributed by atoms with Crippen molar-refractivity contribution in [3.8, 4) is 17.6 Å². The van der Waals surface area contributed by atoms with Crippen molar-refractivity contribution in [3.63, 3.8) is 0 Å². The van der Waals surface area contributed by atoms with Crippen LogP contribution in [0.1, 0.15) is 48.1 Å². The number of aryl methyl sites for hydroxylation is 2. The van der Waals surface area contributed by atoms with Crippen molar-refractivity contribution < 1.29 is 14.3 Å². The lowest BCUT2D eigenvalue weighted by molar-refractivity contribution is -0.117. The molecule has 0 bridgehead atoms. The van der Waals surface area contributed by atoms with Crippen LogP contribution in [0, 0.1) is 11.3 Å². The van der Waals surface area contributed by atoms with Crippen LogP contribution in [0.15, 0.2) is 48.2 Å². The summed E-state index contributed by atoms with van der Waals surface area (Å²) in [6.07, 6.45) is 6.90. The summed E-state index contributed by atoms with van der Waals surface area (Å²) in [4.78, 5) is 12.4. The molecular formula is C26H31N3O3. The minimum Gasteiger partial charge on any atom is -0.493 e. The molecule has 1 amide bonds. The molecule has 2 aromatic rings. The Hall–Kier alpha value is -3.46. The van der Waals surface area contributed by atoms with E-state index in [-0.39, 0.29) is 11.6 Å². The molecule has 0 radical (unpaired) electrons. The van der Waals surface area contributed by atoms with Crippen molar-refractivity contribution >= 4 is 5.91 Å². The monoisotopic (exact) mass is 433 g/mol. The highest BCUT2D eigenvalue weighted by Crippen LogP contribution is 2.27. The zero-order chi connectivity index (χ0) is 22.9. The summed E-state index contributed by atoms with van der Waals surface area (Å²) in [6, 6.07) is 14.2. The van der Waals surface area contributed by atoms with Crippen LogP contribution in [0.2, 0.25) is 0 Å². The maximum atomic E-state index is 12.4. The third-order valence-electron chi connectivity index (χ3n) is 5.86. The number of fused-ring (bicyclic) bond motifs is 1. The zero-order valence-electron chi connectivity index (χ0n) is 19.0. The van der Waals surface area contributed by atoms with Crippen LogP contribution in [0.4, 0.5) is 0 Å². The highest BCUT2D eigenvalue weighted by atomic mass is 16.5. The van der Waals surface area contributed by atoms with Gasteiger partial charge in [-0.3, -0.25) is 4.79 Å². The first-order valence-corrected chi connectivity index (χ1v) is 11.0. The molecule has 0 aromatic heterocycles. The van der Waals surface area contributed by atoms with Crippen molar-refractivity contribution in [1.82, 2.24) is 10.6 Å². The normalized spacial score (nSPS) is 14.0. The summed E-state index contributed by atoms with van der Waals surface area (Å²) >= 11 is 0. The molecule has 0 saturated carbocycles. The van der Waals surface area contributed by atoms with Crippen molar-refractivity contribution in [3.05, 3.63) is 70.4 Å². The molecule has 6 heteroatoms. The topological polar surface area (TPSA) is 83.4 Å². The van der Waals surface area contributed by atoms with Gasteiger partial charge in [-0.25, -0.2) is 0 Å². The standard InChI is InChI=1S/C26H31N3O3/c1-18(21-10-9-20-6-4-5-7-22(20)15-21)29-17-23(16-27)26(30)28-13-12-19-8-11-24(31-2)25(14-19)32-3/h8-11,14-15,17-18,29H,4-7,12-13H2,1-3H3,(H,28,30)/b23-17-. The highest BCUT2D eigenvalue weighted by molar-refractivity contribution is 5.97. The lowest BCUT2D eigenvalue weighted by Gasteiger charge is -2.19. The van der Waals surface area contributed by atoms with Gasteiger partial charge in [0.2, 0.25) is 0 Å². The molecule has 6 nitrogen and oxygen atoms in total. The van der Waals surface area contributed by atoms with Crippen LogP contribution >= 0.6 is 0 Å². The van der Waals surface area contributed by atoms with Crippen LogP contribution in [-0.2, 0) is 24.1 Å². The molecule has 2 N–H and O–H groups in total. The van der Waals surface area contributed by atoms with E-state index in [0.717, 1.165) is 24.0 Å². The predicted octanol–water partition coefficient (Wildman–Crippen LogP) is 4.00. The van der Waals surface area contributed by atoms with Gasteiger partial charge in [-0.15, -0.1) is 0 Å². The first-order valence-electron chi connectivity index (χ1n) is 11.0. The lowest BCUT2D eigenvalue weighted by atomic mass is 9.89. The number of nitriles is 1. The van der Waals surface area contributed by atoms with Crippen LogP contribution in [0.3, 0.4) is 0 Å². The molecule has 0 saturated heterocycles.